The van der Waals surface area contributed by atoms with Crippen LogP contribution in [0.4, 0.5) is 0 Å². The molecule has 0 aromatic carbocycles. The molecular weight excluding hydrogens is 497 g/mol. The van der Waals surface area contributed by atoms with Crippen molar-refractivity contribution in [3.05, 3.63) is 0 Å². The number of amides is 2. The number of aliphatic hydroxyl groups excluding tert-OH is 3. The molecule has 0 spiro atoms. The largest absolute Gasteiger partial charge is 1.00 e. The molecule has 13 heteroatoms. The summed E-state index contributed by atoms with van der Waals surface area (Å²) in [6.07, 6.45) is 3.37. The molecule has 0 bridgehead atoms. The molecule has 0 saturated carbocycles. The Morgan fingerprint density at radius 3 is 2.05 bits per heavy atom. The van der Waals surface area contributed by atoms with E-state index < -0.39 is 73.3 Å². The van der Waals surface area contributed by atoms with E-state index in [4.69, 9.17) is 4.74 Å². The SMILES string of the molecule is CCCCCCCCCCCC(=O)N[C@@H](CC(=O)N[C@@H]1O[C@H](CO)[C@@H](O)[C@H](O)[C@H]1N=C(C)[O-])C(=O)O.[Na+]. The molecule has 0 aromatic heterocycles. The number of nitrogens with one attached hydrogen (secondary N) is 2. The topological polar surface area (TPSA) is 201 Å². The number of carbonyl (C=O) groups excluding carboxylic acids is 2. The number of carboxylic acid groups (broad SMARTS) is 1. The van der Waals surface area contributed by atoms with Gasteiger partial charge in [0.05, 0.1) is 13.0 Å². The van der Waals surface area contributed by atoms with Crippen molar-refractivity contribution in [1.29, 1.82) is 0 Å². The van der Waals surface area contributed by atoms with Gasteiger partial charge in [-0.3, -0.25) is 14.6 Å². The van der Waals surface area contributed by atoms with Crippen molar-refractivity contribution < 1.29 is 74.2 Å². The fraction of sp³-hybridized carbons (Fsp3) is 0.833. The Morgan fingerprint density at radius 2 is 1.54 bits per heavy atom. The molecule has 2 amide bonds. The maximum atomic E-state index is 12.5. The standard InChI is InChI=1S/C24H43N3O9.Na/c1-3-4-5-6-7-8-9-10-11-12-18(30)26-16(24(34)35)13-19(31)27-23-20(25-15(2)29)22(33)21(32)17(14-28)36-23;/h16-17,20-23,28,32-33H,3-14H2,1-2H3,(H,25,29)(H,26,30)(H,27,31)(H,34,35);/q;+1/p-1/t16-,17+,20+,21+,22+,23+;/m0./s1. The third-order valence-electron chi connectivity index (χ3n) is 6.06. The molecule has 37 heavy (non-hydrogen) atoms. The third-order valence-corrected chi connectivity index (χ3v) is 6.06. The van der Waals surface area contributed by atoms with E-state index in [2.05, 4.69) is 22.5 Å². The number of carbonyl (C=O) groups is 3. The number of aliphatic carboxylic acids is 1. The van der Waals surface area contributed by atoms with Gasteiger partial charge < -0.3 is 40.9 Å². The number of carboxylic acids is 1. The van der Waals surface area contributed by atoms with Gasteiger partial charge in [-0.15, -0.1) is 0 Å². The second-order valence-corrected chi connectivity index (χ2v) is 9.21. The van der Waals surface area contributed by atoms with E-state index in [0.29, 0.717) is 6.42 Å². The third kappa shape index (κ3) is 13.9. The van der Waals surface area contributed by atoms with Gasteiger partial charge in [0.2, 0.25) is 11.8 Å². The zero-order chi connectivity index (χ0) is 27.1. The normalized spacial score (nSPS) is 24.6. The Hall–Kier alpha value is -1.28. The van der Waals surface area contributed by atoms with Crippen LogP contribution in [0.5, 0.6) is 0 Å². The summed E-state index contributed by atoms with van der Waals surface area (Å²) in [5.41, 5.74) is 0. The van der Waals surface area contributed by atoms with Gasteiger partial charge in [-0.05, 0) is 19.2 Å². The maximum Gasteiger partial charge on any atom is 1.00 e. The summed E-state index contributed by atoms with van der Waals surface area (Å²) in [7, 11) is 0. The molecule has 12 nitrogen and oxygen atoms in total. The van der Waals surface area contributed by atoms with E-state index in [-0.39, 0.29) is 36.0 Å². The number of aliphatic imine (C=N–C) groups is 1. The molecule has 1 aliphatic rings. The van der Waals surface area contributed by atoms with Crippen LogP contribution >= 0.6 is 0 Å². The van der Waals surface area contributed by atoms with Crippen molar-refractivity contribution in [2.24, 2.45) is 4.99 Å². The van der Waals surface area contributed by atoms with Gasteiger partial charge in [-0.2, -0.15) is 0 Å². The molecule has 1 heterocycles. The van der Waals surface area contributed by atoms with Crippen molar-refractivity contribution in [3.8, 4) is 0 Å². The molecule has 0 aliphatic carbocycles. The van der Waals surface area contributed by atoms with Crippen LogP contribution in [-0.4, -0.2) is 87.3 Å². The number of aliphatic hydroxyl groups is 3. The van der Waals surface area contributed by atoms with Crippen molar-refractivity contribution in [1.82, 2.24) is 10.6 Å². The van der Waals surface area contributed by atoms with Gasteiger partial charge in [0, 0.05) is 6.42 Å². The Morgan fingerprint density at radius 1 is 0.973 bits per heavy atom. The molecule has 6 N–H and O–H groups in total. The number of rotatable bonds is 17. The quantitative estimate of drug-likeness (QED) is 0.0471. The van der Waals surface area contributed by atoms with Crippen LogP contribution in [0.2, 0.25) is 0 Å². The summed E-state index contributed by atoms with van der Waals surface area (Å²) in [5, 5.41) is 55.2. The predicted octanol–water partition coefficient (Wildman–Crippen LogP) is -3.43. The van der Waals surface area contributed by atoms with Crippen molar-refractivity contribution in [2.75, 3.05) is 6.61 Å². The van der Waals surface area contributed by atoms with Gasteiger partial charge in [-0.25, -0.2) is 4.79 Å². The van der Waals surface area contributed by atoms with Crippen LogP contribution in [0, 0.1) is 0 Å². The van der Waals surface area contributed by atoms with Gasteiger partial charge in [-0.1, -0.05) is 58.3 Å². The maximum absolute atomic E-state index is 12.5. The van der Waals surface area contributed by atoms with Crippen LogP contribution in [0.15, 0.2) is 4.99 Å². The average molecular weight is 540 g/mol. The zero-order valence-electron chi connectivity index (χ0n) is 22.2. The molecule has 1 rings (SSSR count). The van der Waals surface area contributed by atoms with Gasteiger partial charge in [0.25, 0.3) is 0 Å². The first-order valence-electron chi connectivity index (χ1n) is 12.8. The fourth-order valence-electron chi connectivity index (χ4n) is 4.04. The van der Waals surface area contributed by atoms with Crippen molar-refractivity contribution in [2.45, 2.75) is 121 Å². The minimum Gasteiger partial charge on any atom is -0.862 e. The number of unbranched alkanes of at least 4 members (excludes halogenated alkanes) is 8. The predicted molar refractivity (Wildman–Crippen MR) is 129 cm³/mol. The van der Waals surface area contributed by atoms with E-state index in [1.165, 1.54) is 32.1 Å². The first-order chi connectivity index (χ1) is 17.1. The minimum atomic E-state index is -1.61. The average Bonchev–Trinajstić information content (AvgIpc) is 2.81. The molecule has 0 radical (unpaired) electrons. The Bertz CT molecular complexity index is 722. The van der Waals surface area contributed by atoms with E-state index in [1.54, 1.807) is 0 Å². The summed E-state index contributed by atoms with van der Waals surface area (Å²) in [6, 6.07) is -2.86. The molecule has 1 saturated heterocycles. The monoisotopic (exact) mass is 539 g/mol. The van der Waals surface area contributed by atoms with Crippen molar-refractivity contribution >= 4 is 23.7 Å². The second-order valence-electron chi connectivity index (χ2n) is 9.21. The molecule has 1 fully saturated rings. The van der Waals surface area contributed by atoms with Crippen LogP contribution < -0.4 is 45.3 Å². The molecular formula is C24H42N3NaO9. The van der Waals surface area contributed by atoms with Crippen LogP contribution in [0.1, 0.15) is 84.5 Å². The van der Waals surface area contributed by atoms with Gasteiger partial charge in [0.1, 0.15) is 30.4 Å². The number of hydrogen-bond acceptors (Lipinski definition) is 9. The second kappa shape index (κ2) is 19.7. The summed E-state index contributed by atoms with van der Waals surface area (Å²) < 4.78 is 5.37. The molecule has 208 valence electrons. The molecule has 6 atom stereocenters. The Labute approximate surface area is 240 Å². The smallest absolute Gasteiger partial charge is 0.862 e. The van der Waals surface area contributed by atoms with Crippen LogP contribution in [-0.2, 0) is 19.1 Å². The molecule has 0 unspecified atom stereocenters. The van der Waals surface area contributed by atoms with E-state index in [9.17, 15) is 39.9 Å². The zero-order valence-corrected chi connectivity index (χ0v) is 24.2. The van der Waals surface area contributed by atoms with E-state index >= 15 is 0 Å². The summed E-state index contributed by atoms with van der Waals surface area (Å²) in [5.74, 6) is -3.41. The van der Waals surface area contributed by atoms with Gasteiger partial charge >= 0.3 is 35.5 Å². The summed E-state index contributed by atoms with van der Waals surface area (Å²) in [6.45, 7) is 2.61. The number of hydrogen-bond donors (Lipinski definition) is 6. The van der Waals surface area contributed by atoms with E-state index in [1.807, 2.05) is 0 Å². The first-order valence-corrected chi connectivity index (χ1v) is 12.8. The van der Waals surface area contributed by atoms with Crippen LogP contribution in [0.25, 0.3) is 0 Å². The first kappa shape index (κ1) is 35.7. The number of nitrogens with zero attached hydrogens (tertiary/aromatic N) is 1. The summed E-state index contributed by atoms with van der Waals surface area (Å²) >= 11 is 0. The minimum absolute atomic E-state index is 0. The fourth-order valence-corrected chi connectivity index (χ4v) is 4.04. The van der Waals surface area contributed by atoms with E-state index in [0.717, 1.165) is 26.2 Å². The molecule has 0 aromatic rings. The molecule has 1 aliphatic heterocycles. The van der Waals surface area contributed by atoms with Gasteiger partial charge in [0.15, 0.2) is 6.23 Å². The summed E-state index contributed by atoms with van der Waals surface area (Å²) in [4.78, 5) is 40.0. The van der Waals surface area contributed by atoms with Crippen LogP contribution in [0.3, 0.4) is 0 Å². The Balaban J connectivity index is 0.0000130. The number of ether oxygens (including phenoxy) is 1. The Kier molecular flexibility index (Phi) is 19.1. The van der Waals surface area contributed by atoms with Crippen molar-refractivity contribution in [3.63, 3.8) is 0 Å².